The first-order chi connectivity index (χ1) is 8.49. The van der Waals surface area contributed by atoms with E-state index in [1.807, 2.05) is 0 Å². The van der Waals surface area contributed by atoms with E-state index in [-0.39, 0.29) is 5.56 Å². The molecule has 1 aromatic heterocycles. The molecule has 3 nitrogen and oxygen atoms in total. The SMILES string of the molecule is Cc1ncn(Cc2cc(Cl)ccc2Cl)c(=O)c1Br. The van der Waals surface area contributed by atoms with Crippen molar-refractivity contribution in [1.29, 1.82) is 0 Å². The zero-order valence-corrected chi connectivity index (χ0v) is 12.6. The highest BCUT2D eigenvalue weighted by Crippen LogP contribution is 2.21. The summed E-state index contributed by atoms with van der Waals surface area (Å²) < 4.78 is 1.94. The van der Waals surface area contributed by atoms with Crippen molar-refractivity contribution in [2.75, 3.05) is 0 Å². The molecule has 18 heavy (non-hydrogen) atoms. The van der Waals surface area contributed by atoms with Crippen molar-refractivity contribution in [1.82, 2.24) is 9.55 Å². The minimum Gasteiger partial charge on any atom is -0.294 e. The lowest BCUT2D eigenvalue weighted by atomic mass is 10.2. The number of rotatable bonds is 2. The monoisotopic (exact) mass is 346 g/mol. The lowest BCUT2D eigenvalue weighted by Crippen LogP contribution is -2.22. The number of halogens is 3. The third-order valence-electron chi connectivity index (χ3n) is 2.51. The molecule has 2 aromatic rings. The van der Waals surface area contributed by atoms with Gasteiger partial charge in [-0.1, -0.05) is 23.2 Å². The molecule has 0 saturated carbocycles. The predicted molar refractivity (Wildman–Crippen MR) is 76.5 cm³/mol. The van der Waals surface area contributed by atoms with Crippen LogP contribution in [0, 0.1) is 6.92 Å². The van der Waals surface area contributed by atoms with E-state index in [1.165, 1.54) is 10.9 Å². The summed E-state index contributed by atoms with van der Waals surface area (Å²) in [6, 6.07) is 5.16. The van der Waals surface area contributed by atoms with E-state index in [2.05, 4.69) is 20.9 Å². The molecule has 94 valence electrons. The molecule has 0 amide bonds. The van der Waals surface area contributed by atoms with E-state index in [0.29, 0.717) is 26.8 Å². The molecule has 0 fully saturated rings. The van der Waals surface area contributed by atoms with Gasteiger partial charge in [-0.2, -0.15) is 0 Å². The van der Waals surface area contributed by atoms with Crippen LogP contribution in [0.5, 0.6) is 0 Å². The molecule has 1 heterocycles. The smallest absolute Gasteiger partial charge is 0.268 e. The Bertz CT molecular complexity index is 655. The highest BCUT2D eigenvalue weighted by atomic mass is 79.9. The van der Waals surface area contributed by atoms with Crippen LogP contribution >= 0.6 is 39.1 Å². The van der Waals surface area contributed by atoms with Gasteiger partial charge in [-0.15, -0.1) is 0 Å². The number of aromatic nitrogens is 2. The van der Waals surface area contributed by atoms with Crippen molar-refractivity contribution in [2.24, 2.45) is 0 Å². The number of benzene rings is 1. The van der Waals surface area contributed by atoms with Gasteiger partial charge >= 0.3 is 0 Å². The molecule has 0 aliphatic carbocycles. The average Bonchev–Trinajstić information content (AvgIpc) is 2.34. The van der Waals surface area contributed by atoms with E-state index in [1.54, 1.807) is 25.1 Å². The van der Waals surface area contributed by atoms with Crippen LogP contribution in [-0.4, -0.2) is 9.55 Å². The summed E-state index contributed by atoms with van der Waals surface area (Å²) in [5.74, 6) is 0. The number of nitrogens with zero attached hydrogens (tertiary/aromatic N) is 2. The average molecular weight is 348 g/mol. The normalized spacial score (nSPS) is 10.7. The van der Waals surface area contributed by atoms with Gasteiger partial charge < -0.3 is 0 Å². The van der Waals surface area contributed by atoms with Gasteiger partial charge in [0.25, 0.3) is 5.56 Å². The van der Waals surface area contributed by atoms with Gasteiger partial charge in [0.2, 0.25) is 0 Å². The maximum Gasteiger partial charge on any atom is 0.268 e. The molecule has 0 aliphatic rings. The molecule has 0 N–H and O–H groups in total. The van der Waals surface area contributed by atoms with Crippen molar-refractivity contribution in [3.05, 3.63) is 60.7 Å². The maximum atomic E-state index is 12.0. The van der Waals surface area contributed by atoms with Crippen molar-refractivity contribution < 1.29 is 0 Å². The summed E-state index contributed by atoms with van der Waals surface area (Å²) in [7, 11) is 0. The molecular formula is C12H9BrCl2N2O. The maximum absolute atomic E-state index is 12.0. The van der Waals surface area contributed by atoms with Gasteiger partial charge in [0.15, 0.2) is 0 Å². The summed E-state index contributed by atoms with van der Waals surface area (Å²) >= 11 is 15.2. The third kappa shape index (κ3) is 2.76. The van der Waals surface area contributed by atoms with Crippen LogP contribution < -0.4 is 5.56 Å². The Morgan fingerprint density at radius 1 is 1.39 bits per heavy atom. The van der Waals surface area contributed by atoms with Crippen molar-refractivity contribution >= 4 is 39.1 Å². The van der Waals surface area contributed by atoms with Crippen LogP contribution in [0.3, 0.4) is 0 Å². The van der Waals surface area contributed by atoms with E-state index >= 15 is 0 Å². The Morgan fingerprint density at radius 2 is 2.11 bits per heavy atom. The van der Waals surface area contributed by atoms with Gasteiger partial charge in [0.1, 0.15) is 4.47 Å². The van der Waals surface area contributed by atoms with E-state index in [9.17, 15) is 4.79 Å². The fourth-order valence-corrected chi connectivity index (χ4v) is 2.21. The first-order valence-corrected chi connectivity index (χ1v) is 6.69. The Labute approximate surface area is 123 Å². The lowest BCUT2D eigenvalue weighted by Gasteiger charge is -2.09. The van der Waals surface area contributed by atoms with E-state index in [4.69, 9.17) is 23.2 Å². The minimum absolute atomic E-state index is 0.140. The molecule has 6 heteroatoms. The summed E-state index contributed by atoms with van der Waals surface area (Å²) in [6.45, 7) is 2.10. The van der Waals surface area contributed by atoms with Crippen LogP contribution in [0.1, 0.15) is 11.3 Å². The first-order valence-electron chi connectivity index (χ1n) is 5.14. The zero-order valence-electron chi connectivity index (χ0n) is 9.45. The molecule has 0 atom stereocenters. The predicted octanol–water partition coefficient (Wildman–Crippen LogP) is 3.67. The molecule has 0 bridgehead atoms. The highest BCUT2D eigenvalue weighted by molar-refractivity contribution is 9.10. The van der Waals surface area contributed by atoms with E-state index in [0.717, 1.165) is 5.56 Å². The van der Waals surface area contributed by atoms with Crippen LogP contribution in [0.25, 0.3) is 0 Å². The Kier molecular flexibility index (Phi) is 4.10. The molecule has 0 unspecified atom stereocenters. The molecule has 0 saturated heterocycles. The first kappa shape index (κ1) is 13.6. The van der Waals surface area contributed by atoms with Crippen LogP contribution in [0.15, 0.2) is 33.8 Å². The number of aryl methyl sites for hydroxylation is 1. The highest BCUT2D eigenvalue weighted by Gasteiger charge is 2.08. The lowest BCUT2D eigenvalue weighted by molar-refractivity contribution is 0.724. The Balaban J connectivity index is 2.44. The topological polar surface area (TPSA) is 34.9 Å². The standard InChI is InChI=1S/C12H9BrCl2N2O/c1-7-11(13)12(18)17(6-16-7)5-8-4-9(14)2-3-10(8)15/h2-4,6H,5H2,1H3. The van der Waals surface area contributed by atoms with Crippen molar-refractivity contribution in [3.63, 3.8) is 0 Å². The second-order valence-corrected chi connectivity index (χ2v) is 5.45. The number of hydrogen-bond acceptors (Lipinski definition) is 2. The molecular weight excluding hydrogens is 339 g/mol. The molecule has 0 spiro atoms. The van der Waals surface area contributed by atoms with Gasteiger partial charge in [-0.3, -0.25) is 9.36 Å². The molecule has 0 radical (unpaired) electrons. The second kappa shape index (κ2) is 5.43. The van der Waals surface area contributed by atoms with Crippen LogP contribution in [0.4, 0.5) is 0 Å². The van der Waals surface area contributed by atoms with Crippen molar-refractivity contribution in [2.45, 2.75) is 13.5 Å². The molecule has 0 aliphatic heterocycles. The zero-order chi connectivity index (χ0) is 13.3. The van der Waals surface area contributed by atoms with Crippen LogP contribution in [0.2, 0.25) is 10.0 Å². The molecule has 2 rings (SSSR count). The minimum atomic E-state index is -0.140. The molecule has 1 aromatic carbocycles. The van der Waals surface area contributed by atoms with Gasteiger partial charge in [0, 0.05) is 10.0 Å². The Hall–Kier alpha value is -0.840. The fourth-order valence-electron chi connectivity index (χ4n) is 1.51. The summed E-state index contributed by atoms with van der Waals surface area (Å²) in [4.78, 5) is 16.1. The van der Waals surface area contributed by atoms with E-state index < -0.39 is 0 Å². The van der Waals surface area contributed by atoms with Gasteiger partial charge in [-0.25, -0.2) is 4.98 Å². The summed E-state index contributed by atoms with van der Waals surface area (Å²) in [6.07, 6.45) is 1.50. The summed E-state index contributed by atoms with van der Waals surface area (Å²) in [5, 5.41) is 1.16. The second-order valence-electron chi connectivity index (χ2n) is 3.81. The van der Waals surface area contributed by atoms with Gasteiger partial charge in [-0.05, 0) is 46.6 Å². The quantitative estimate of drug-likeness (QED) is 0.830. The third-order valence-corrected chi connectivity index (χ3v) is 4.02. The number of hydrogen-bond donors (Lipinski definition) is 0. The van der Waals surface area contributed by atoms with Crippen LogP contribution in [-0.2, 0) is 6.54 Å². The summed E-state index contributed by atoms with van der Waals surface area (Å²) in [5.41, 5.74) is 1.30. The fraction of sp³-hybridized carbons (Fsp3) is 0.167. The largest absolute Gasteiger partial charge is 0.294 e. The Morgan fingerprint density at radius 3 is 2.83 bits per heavy atom. The van der Waals surface area contributed by atoms with Crippen molar-refractivity contribution in [3.8, 4) is 0 Å². The van der Waals surface area contributed by atoms with Gasteiger partial charge in [0.05, 0.1) is 18.6 Å².